The first-order valence-electron chi connectivity index (χ1n) is 10.4. The van der Waals surface area contributed by atoms with Gasteiger partial charge in [0.2, 0.25) is 5.91 Å². The van der Waals surface area contributed by atoms with Crippen LogP contribution in [-0.2, 0) is 4.79 Å². The van der Waals surface area contributed by atoms with Gasteiger partial charge in [0.15, 0.2) is 0 Å². The highest BCUT2D eigenvalue weighted by molar-refractivity contribution is 9.12. The lowest BCUT2D eigenvalue weighted by molar-refractivity contribution is -0.122. The van der Waals surface area contributed by atoms with Crippen LogP contribution in [-0.4, -0.2) is 11.7 Å². The molecule has 0 bridgehead atoms. The van der Waals surface area contributed by atoms with Crippen molar-refractivity contribution >= 4 is 33.6 Å². The molecule has 4 heteroatoms. The van der Waals surface area contributed by atoms with Crippen LogP contribution in [0.1, 0.15) is 73.6 Å². The Morgan fingerprint density at radius 2 is 1.93 bits per heavy atom. The molecule has 0 rings (SSSR count). The van der Waals surface area contributed by atoms with E-state index in [1.807, 2.05) is 43.8 Å². The second-order valence-electron chi connectivity index (χ2n) is 8.17. The molecule has 0 saturated heterocycles. The van der Waals surface area contributed by atoms with Crippen molar-refractivity contribution in [2.24, 2.45) is 17.1 Å². The van der Waals surface area contributed by atoms with E-state index >= 15 is 0 Å². The molecule has 1 atom stereocenters. The van der Waals surface area contributed by atoms with Crippen LogP contribution in [0.2, 0.25) is 0 Å². The molecule has 166 valence electrons. The number of thioether (sulfide) groups is 1. The van der Waals surface area contributed by atoms with E-state index < -0.39 is 0 Å². The molecular weight excluding hydrogens is 442 g/mol. The molecular formula is C25H42BrNOS. The smallest absolute Gasteiger partial charge is 0.220 e. The molecule has 1 unspecified atom stereocenters. The number of nitrogens with two attached hydrogens (primary N) is 1. The number of unbranched alkanes of at least 4 members (excludes halogenated alkanes) is 1. The third kappa shape index (κ3) is 20.1. The monoisotopic (exact) mass is 483 g/mol. The predicted octanol–water partition coefficient (Wildman–Crippen LogP) is 8.32. The van der Waals surface area contributed by atoms with Gasteiger partial charge in [0.1, 0.15) is 0 Å². The highest BCUT2D eigenvalue weighted by atomic mass is 79.9. The number of primary amides is 1. The Bertz CT molecular complexity index is 582. The number of halogens is 1. The molecule has 0 fully saturated rings. The zero-order chi connectivity index (χ0) is 22.9. The van der Waals surface area contributed by atoms with E-state index in [1.165, 1.54) is 10.5 Å². The highest BCUT2D eigenvalue weighted by Gasteiger charge is 2.11. The van der Waals surface area contributed by atoms with Crippen molar-refractivity contribution in [3.63, 3.8) is 0 Å². The molecule has 0 saturated carbocycles. The molecule has 0 spiro atoms. The average Bonchev–Trinajstić information content (AvgIpc) is 2.62. The van der Waals surface area contributed by atoms with E-state index in [-0.39, 0.29) is 17.2 Å². The minimum atomic E-state index is -0.155. The summed E-state index contributed by atoms with van der Waals surface area (Å²) in [7, 11) is 0. The second-order valence-corrected chi connectivity index (χ2v) is 10.2. The molecule has 0 aliphatic rings. The van der Waals surface area contributed by atoms with E-state index in [4.69, 9.17) is 5.73 Å². The first-order chi connectivity index (χ1) is 13.5. The zero-order valence-electron chi connectivity index (χ0n) is 19.4. The number of hydrogen-bond acceptors (Lipinski definition) is 2. The van der Waals surface area contributed by atoms with Crippen molar-refractivity contribution in [2.75, 3.05) is 5.75 Å². The van der Waals surface area contributed by atoms with Crippen molar-refractivity contribution in [3.8, 4) is 0 Å². The van der Waals surface area contributed by atoms with Crippen LogP contribution in [0, 0.1) is 11.3 Å². The number of allylic oxidation sites excluding steroid dienone is 7. The number of carbonyl (C=O) groups is 1. The third-order valence-electron chi connectivity index (χ3n) is 3.98. The lowest BCUT2D eigenvalue weighted by Crippen LogP contribution is -2.22. The van der Waals surface area contributed by atoms with Gasteiger partial charge < -0.3 is 5.73 Å². The Hall–Kier alpha value is -1.00. The van der Waals surface area contributed by atoms with Gasteiger partial charge in [-0.15, -0.1) is 18.3 Å². The van der Waals surface area contributed by atoms with Gasteiger partial charge in [0.05, 0.1) is 0 Å². The minimum Gasteiger partial charge on any atom is -0.369 e. The summed E-state index contributed by atoms with van der Waals surface area (Å²) >= 11 is 5.33. The average molecular weight is 485 g/mol. The maximum absolute atomic E-state index is 11.0. The van der Waals surface area contributed by atoms with Crippen molar-refractivity contribution < 1.29 is 4.79 Å². The molecule has 0 aliphatic heterocycles. The van der Waals surface area contributed by atoms with Gasteiger partial charge in [-0.05, 0) is 73.4 Å². The van der Waals surface area contributed by atoms with Gasteiger partial charge in [-0.25, -0.2) is 0 Å². The van der Waals surface area contributed by atoms with Crippen LogP contribution < -0.4 is 5.73 Å². The fourth-order valence-electron chi connectivity index (χ4n) is 2.25. The van der Waals surface area contributed by atoms with Gasteiger partial charge in [-0.1, -0.05) is 64.2 Å². The van der Waals surface area contributed by atoms with Crippen LogP contribution in [0.5, 0.6) is 0 Å². The number of amides is 1. The summed E-state index contributed by atoms with van der Waals surface area (Å²) in [4.78, 5) is 12.2. The van der Waals surface area contributed by atoms with E-state index in [1.54, 1.807) is 0 Å². The first-order valence-corrected chi connectivity index (χ1v) is 12.1. The summed E-state index contributed by atoms with van der Waals surface area (Å²) in [5.74, 6) is 0.975. The molecule has 2 N–H and O–H groups in total. The molecule has 0 aromatic heterocycles. The Balaban J connectivity index is 0. The van der Waals surface area contributed by atoms with E-state index in [0.29, 0.717) is 0 Å². The van der Waals surface area contributed by atoms with Gasteiger partial charge in [-0.2, -0.15) is 0 Å². The molecule has 0 radical (unpaired) electrons. The molecule has 2 nitrogen and oxygen atoms in total. The van der Waals surface area contributed by atoms with Gasteiger partial charge in [0, 0.05) is 21.1 Å². The molecule has 0 aliphatic carbocycles. The highest BCUT2D eigenvalue weighted by Crippen LogP contribution is 2.29. The van der Waals surface area contributed by atoms with E-state index in [0.717, 1.165) is 42.3 Å². The van der Waals surface area contributed by atoms with Crippen LogP contribution in [0.25, 0.3) is 0 Å². The fourth-order valence-corrected chi connectivity index (χ4v) is 3.84. The quantitative estimate of drug-likeness (QED) is 0.172. The predicted molar refractivity (Wildman–Crippen MR) is 138 cm³/mol. The Labute approximate surface area is 193 Å². The van der Waals surface area contributed by atoms with Gasteiger partial charge in [0.25, 0.3) is 0 Å². The minimum absolute atomic E-state index is 0.0630. The third-order valence-corrected chi connectivity index (χ3v) is 6.20. The molecule has 1 amide bonds. The van der Waals surface area contributed by atoms with Crippen LogP contribution in [0.15, 0.2) is 58.5 Å². The van der Waals surface area contributed by atoms with Crippen molar-refractivity contribution in [3.05, 3.63) is 58.5 Å². The largest absolute Gasteiger partial charge is 0.369 e. The summed E-state index contributed by atoms with van der Waals surface area (Å²) in [5.41, 5.74) is 6.76. The lowest BCUT2D eigenvalue weighted by atomic mass is 9.94. The summed E-state index contributed by atoms with van der Waals surface area (Å²) in [6.07, 6.45) is 15.2. The fraction of sp³-hybridized carbons (Fsp3) is 0.560. The van der Waals surface area contributed by atoms with Crippen molar-refractivity contribution in [1.82, 2.24) is 0 Å². The molecule has 0 aromatic carbocycles. The summed E-state index contributed by atoms with van der Waals surface area (Å²) in [6, 6.07) is 0. The van der Waals surface area contributed by atoms with E-state index in [9.17, 15) is 4.79 Å². The molecule has 0 heterocycles. The van der Waals surface area contributed by atoms with E-state index in [2.05, 4.69) is 68.9 Å². The topological polar surface area (TPSA) is 43.1 Å². The van der Waals surface area contributed by atoms with Crippen molar-refractivity contribution in [1.29, 1.82) is 0 Å². The lowest BCUT2D eigenvalue weighted by Gasteiger charge is -2.12. The van der Waals surface area contributed by atoms with Crippen LogP contribution >= 0.6 is 27.7 Å². The maximum atomic E-state index is 11.0. The van der Waals surface area contributed by atoms with Gasteiger partial charge in [-0.3, -0.25) is 4.79 Å². The standard InChI is InChI=1S/C13H25NO.C12H17BrS/c1-5-11(12(14)15)9-7-6-8-10-13(2,3)4;1-5-7-12(11(13)6-2)14-9-8-10(3)4/h8,10-11H,5-7,9H2,1-4H3,(H2,14,15);5-7H,1,3,8-9H2,2,4H3/b10-8+;11-6+,12-7+. The van der Waals surface area contributed by atoms with Crippen LogP contribution in [0.4, 0.5) is 0 Å². The number of carbonyl (C=O) groups excluding carboxylic acids is 1. The maximum Gasteiger partial charge on any atom is 0.220 e. The van der Waals surface area contributed by atoms with Crippen LogP contribution in [0.3, 0.4) is 0 Å². The molecule has 0 aromatic rings. The molecule has 29 heavy (non-hydrogen) atoms. The Morgan fingerprint density at radius 3 is 2.34 bits per heavy atom. The first kappa shape index (κ1) is 30.2. The summed E-state index contributed by atoms with van der Waals surface area (Å²) in [5, 5.41) is 0. The SMILES string of the molecule is C=C/C=C(SCCC(=C)C)\C(Br)=C/C.CCC(CCC/C=C/C(C)(C)C)C(N)=O. The number of rotatable bonds is 12. The summed E-state index contributed by atoms with van der Waals surface area (Å²) < 4.78 is 1.13. The van der Waals surface area contributed by atoms with Crippen molar-refractivity contribution in [2.45, 2.75) is 73.6 Å². The normalized spacial score (nSPS) is 13.6. The Kier molecular flexibility index (Phi) is 18.6. The zero-order valence-corrected chi connectivity index (χ0v) is 21.8. The second kappa shape index (κ2) is 17.8. The number of hydrogen-bond donors (Lipinski definition) is 1. The van der Waals surface area contributed by atoms with Gasteiger partial charge >= 0.3 is 0 Å². The summed E-state index contributed by atoms with van der Waals surface area (Å²) in [6.45, 7) is 20.2. The Morgan fingerprint density at radius 1 is 1.31 bits per heavy atom.